The van der Waals surface area contributed by atoms with Crippen molar-refractivity contribution in [2.24, 2.45) is 0 Å². The lowest BCUT2D eigenvalue weighted by atomic mass is 10.1. The van der Waals surface area contributed by atoms with E-state index in [4.69, 9.17) is 0 Å². The van der Waals surface area contributed by atoms with Crippen molar-refractivity contribution in [3.63, 3.8) is 0 Å². The minimum absolute atomic E-state index is 0.0142. The van der Waals surface area contributed by atoms with Gasteiger partial charge in [-0.2, -0.15) is 0 Å². The smallest absolute Gasteiger partial charge is 0.224 e. The van der Waals surface area contributed by atoms with Gasteiger partial charge in [0.25, 0.3) is 0 Å². The number of hydrogen-bond donors (Lipinski definition) is 2. The second-order valence-electron chi connectivity index (χ2n) is 5.12. The number of benzene rings is 1. The summed E-state index contributed by atoms with van der Waals surface area (Å²) in [6.07, 6.45) is 4.07. The first-order valence-corrected chi connectivity index (χ1v) is 6.95. The van der Waals surface area contributed by atoms with Crippen molar-refractivity contribution >= 4 is 16.8 Å². The average molecular weight is 279 g/mol. The summed E-state index contributed by atoms with van der Waals surface area (Å²) in [5.41, 5.74) is 4.06. The zero-order valence-corrected chi connectivity index (χ0v) is 11.9. The molecule has 0 radical (unpaired) electrons. The lowest BCUT2D eigenvalue weighted by Crippen LogP contribution is -2.24. The first kappa shape index (κ1) is 13.4. The Morgan fingerprint density at radius 1 is 1.24 bits per heavy atom. The topological polar surface area (TPSA) is 57.8 Å². The van der Waals surface area contributed by atoms with Crippen molar-refractivity contribution in [3.8, 4) is 0 Å². The molecule has 3 aromatic rings. The minimum atomic E-state index is 0.0142. The number of amides is 1. The van der Waals surface area contributed by atoms with Gasteiger partial charge in [-0.25, -0.2) is 0 Å². The highest BCUT2D eigenvalue weighted by molar-refractivity contribution is 5.88. The molecule has 2 heterocycles. The average Bonchev–Trinajstić information content (AvgIpc) is 2.90. The van der Waals surface area contributed by atoms with Gasteiger partial charge < -0.3 is 10.3 Å². The maximum atomic E-state index is 12.0. The van der Waals surface area contributed by atoms with Crippen LogP contribution in [-0.2, 0) is 17.8 Å². The number of nitrogens with zero attached hydrogens (tertiary/aromatic N) is 1. The van der Waals surface area contributed by atoms with Gasteiger partial charge in [0.2, 0.25) is 5.91 Å². The highest BCUT2D eigenvalue weighted by atomic mass is 16.1. The molecule has 3 rings (SSSR count). The first-order chi connectivity index (χ1) is 10.2. The molecule has 0 spiro atoms. The summed E-state index contributed by atoms with van der Waals surface area (Å²) in [5, 5.41) is 4.03. The van der Waals surface area contributed by atoms with Crippen LogP contribution in [0.5, 0.6) is 0 Å². The molecule has 0 aliphatic heterocycles. The summed E-state index contributed by atoms with van der Waals surface area (Å²) < 4.78 is 0. The molecule has 2 N–H and O–H groups in total. The number of rotatable bonds is 4. The second kappa shape index (κ2) is 5.79. The van der Waals surface area contributed by atoms with Crippen LogP contribution >= 0.6 is 0 Å². The van der Waals surface area contributed by atoms with E-state index in [2.05, 4.69) is 15.3 Å². The van der Waals surface area contributed by atoms with Gasteiger partial charge in [-0.05, 0) is 30.2 Å². The third-order valence-electron chi connectivity index (χ3n) is 3.49. The molecule has 0 fully saturated rings. The normalized spacial score (nSPS) is 10.7. The summed E-state index contributed by atoms with van der Waals surface area (Å²) in [5.74, 6) is 0.0142. The maximum Gasteiger partial charge on any atom is 0.224 e. The van der Waals surface area contributed by atoms with Crippen LogP contribution in [0.1, 0.15) is 16.8 Å². The summed E-state index contributed by atoms with van der Waals surface area (Å²) in [4.78, 5) is 19.4. The van der Waals surface area contributed by atoms with Crippen LogP contribution in [-0.4, -0.2) is 15.9 Å². The van der Waals surface area contributed by atoms with Crippen LogP contribution in [0.25, 0.3) is 10.9 Å². The molecule has 0 bridgehead atoms. The molecule has 0 saturated heterocycles. The molecule has 106 valence electrons. The Morgan fingerprint density at radius 3 is 2.90 bits per heavy atom. The molecule has 2 aromatic heterocycles. The Labute approximate surface area is 123 Å². The van der Waals surface area contributed by atoms with E-state index in [9.17, 15) is 4.79 Å². The van der Waals surface area contributed by atoms with Gasteiger partial charge in [0.05, 0.1) is 6.42 Å². The second-order valence-corrected chi connectivity index (χ2v) is 5.12. The van der Waals surface area contributed by atoms with Crippen molar-refractivity contribution in [1.29, 1.82) is 0 Å². The summed E-state index contributed by atoms with van der Waals surface area (Å²) in [6, 6.07) is 11.9. The quantitative estimate of drug-likeness (QED) is 0.771. The molecule has 0 aliphatic rings. The molecule has 1 aromatic carbocycles. The van der Waals surface area contributed by atoms with Crippen molar-refractivity contribution in [3.05, 3.63) is 65.6 Å². The third-order valence-corrected chi connectivity index (χ3v) is 3.49. The Kier molecular flexibility index (Phi) is 3.69. The van der Waals surface area contributed by atoms with E-state index in [1.165, 1.54) is 0 Å². The van der Waals surface area contributed by atoms with Crippen LogP contribution in [0.3, 0.4) is 0 Å². The van der Waals surface area contributed by atoms with Gasteiger partial charge in [0.15, 0.2) is 0 Å². The Morgan fingerprint density at radius 2 is 2.10 bits per heavy atom. The van der Waals surface area contributed by atoms with E-state index in [0.717, 1.165) is 27.7 Å². The molecular weight excluding hydrogens is 262 g/mol. The number of nitrogens with one attached hydrogen (secondary N) is 2. The van der Waals surface area contributed by atoms with Crippen molar-refractivity contribution in [2.75, 3.05) is 0 Å². The van der Waals surface area contributed by atoms with Gasteiger partial charge in [-0.15, -0.1) is 0 Å². The Bertz CT molecular complexity index is 759. The fraction of sp³-hybridized carbons (Fsp3) is 0.176. The number of fused-ring (bicyclic) bond motifs is 1. The fourth-order valence-electron chi connectivity index (χ4n) is 2.32. The number of H-pyrrole nitrogens is 1. The van der Waals surface area contributed by atoms with Gasteiger partial charge in [-0.1, -0.05) is 24.3 Å². The van der Waals surface area contributed by atoms with E-state index in [1.54, 1.807) is 6.20 Å². The molecule has 0 aliphatic carbocycles. The van der Waals surface area contributed by atoms with E-state index in [-0.39, 0.29) is 5.91 Å². The van der Waals surface area contributed by atoms with Crippen LogP contribution in [0.4, 0.5) is 0 Å². The number of hydrogen-bond acceptors (Lipinski definition) is 2. The minimum Gasteiger partial charge on any atom is -0.361 e. The summed E-state index contributed by atoms with van der Waals surface area (Å²) in [6.45, 7) is 2.45. The van der Waals surface area contributed by atoms with Crippen LogP contribution in [0.15, 0.2) is 48.8 Å². The number of aromatic nitrogens is 2. The maximum absolute atomic E-state index is 12.0. The van der Waals surface area contributed by atoms with E-state index < -0.39 is 0 Å². The molecular formula is C17H17N3O. The molecule has 4 nitrogen and oxygen atoms in total. The zero-order chi connectivity index (χ0) is 14.7. The van der Waals surface area contributed by atoms with Crippen LogP contribution in [0, 0.1) is 6.92 Å². The molecule has 4 heteroatoms. The lowest BCUT2D eigenvalue weighted by Gasteiger charge is -2.05. The Balaban J connectivity index is 1.62. The van der Waals surface area contributed by atoms with Gasteiger partial charge >= 0.3 is 0 Å². The van der Waals surface area contributed by atoms with Crippen molar-refractivity contribution in [2.45, 2.75) is 19.9 Å². The summed E-state index contributed by atoms with van der Waals surface area (Å²) >= 11 is 0. The van der Waals surface area contributed by atoms with E-state index in [0.29, 0.717) is 13.0 Å². The van der Waals surface area contributed by atoms with Gasteiger partial charge in [0, 0.05) is 35.5 Å². The standard InChI is InChI=1S/C17H17N3O/c1-12-6-7-13(9-18-12)10-20-17(21)8-14-11-19-16-5-3-2-4-15(14)16/h2-7,9,11,19H,8,10H2,1H3,(H,20,21). The highest BCUT2D eigenvalue weighted by Gasteiger charge is 2.08. The monoisotopic (exact) mass is 279 g/mol. The number of carbonyl (C=O) groups excluding carboxylic acids is 1. The van der Waals surface area contributed by atoms with Crippen molar-refractivity contribution in [1.82, 2.24) is 15.3 Å². The fourth-order valence-corrected chi connectivity index (χ4v) is 2.32. The third kappa shape index (κ3) is 3.11. The largest absolute Gasteiger partial charge is 0.361 e. The van der Waals surface area contributed by atoms with Crippen LogP contribution in [0.2, 0.25) is 0 Å². The predicted octanol–water partition coefficient (Wildman–Crippen LogP) is 2.73. The SMILES string of the molecule is Cc1ccc(CNC(=O)Cc2c[nH]c3ccccc23)cn1. The molecule has 0 unspecified atom stereocenters. The van der Waals surface area contributed by atoms with E-state index in [1.807, 2.05) is 49.5 Å². The first-order valence-electron chi connectivity index (χ1n) is 6.95. The number of aryl methyl sites for hydroxylation is 1. The van der Waals surface area contributed by atoms with Crippen LogP contribution < -0.4 is 5.32 Å². The number of para-hydroxylation sites is 1. The number of aromatic amines is 1. The molecule has 0 saturated carbocycles. The molecule has 21 heavy (non-hydrogen) atoms. The molecule has 1 amide bonds. The lowest BCUT2D eigenvalue weighted by molar-refractivity contribution is -0.120. The molecule has 0 atom stereocenters. The number of carbonyl (C=O) groups is 1. The summed E-state index contributed by atoms with van der Waals surface area (Å²) in [7, 11) is 0. The van der Waals surface area contributed by atoms with Gasteiger partial charge in [0.1, 0.15) is 0 Å². The van der Waals surface area contributed by atoms with Crippen molar-refractivity contribution < 1.29 is 4.79 Å². The van der Waals surface area contributed by atoms with E-state index >= 15 is 0 Å². The number of pyridine rings is 1. The van der Waals surface area contributed by atoms with Gasteiger partial charge in [-0.3, -0.25) is 9.78 Å². The highest BCUT2D eigenvalue weighted by Crippen LogP contribution is 2.17. The zero-order valence-electron chi connectivity index (χ0n) is 11.9. The predicted molar refractivity (Wildman–Crippen MR) is 82.8 cm³/mol. The Hall–Kier alpha value is -2.62.